The molecule has 1 aliphatic rings. The van der Waals surface area contributed by atoms with Crippen molar-refractivity contribution in [2.75, 3.05) is 19.6 Å². The van der Waals surface area contributed by atoms with Crippen molar-refractivity contribution in [3.05, 3.63) is 51.7 Å². The quantitative estimate of drug-likeness (QED) is 0.548. The largest absolute Gasteiger partial charge is 0.370 e. The first-order valence-corrected chi connectivity index (χ1v) is 10.5. The first-order valence-electron chi connectivity index (χ1n) is 9.68. The maximum Gasteiger partial charge on any atom is 0.185 e. The molecule has 1 saturated heterocycles. The fraction of sp³-hybridized carbons (Fsp3) is 0.524. The highest BCUT2D eigenvalue weighted by Crippen LogP contribution is 2.42. The molecule has 4 N–H and O–H groups in total. The van der Waals surface area contributed by atoms with Gasteiger partial charge >= 0.3 is 0 Å². The zero-order chi connectivity index (χ0) is 20.4. The van der Waals surface area contributed by atoms with E-state index in [9.17, 15) is 4.39 Å². The Labute approximate surface area is 170 Å². The number of nitrogens with two attached hydrogens (primary N) is 2. The average Bonchev–Trinajstić information content (AvgIpc) is 3.26. The Morgan fingerprint density at radius 2 is 2.11 bits per heavy atom. The van der Waals surface area contributed by atoms with Crippen molar-refractivity contribution in [1.29, 1.82) is 0 Å². The fourth-order valence-corrected chi connectivity index (χ4v) is 4.70. The molecule has 0 aromatic carbocycles. The summed E-state index contributed by atoms with van der Waals surface area (Å²) >= 11 is 1.22. The number of hydrogen-bond acceptors (Lipinski definition) is 4. The van der Waals surface area contributed by atoms with Crippen LogP contribution >= 0.6 is 11.3 Å². The molecule has 0 radical (unpaired) electrons. The van der Waals surface area contributed by atoms with Crippen molar-refractivity contribution in [2.24, 2.45) is 21.9 Å². The minimum atomic E-state index is -0.130. The Morgan fingerprint density at radius 1 is 1.32 bits per heavy atom. The Bertz CT molecular complexity index is 826. The molecule has 0 bridgehead atoms. The van der Waals surface area contributed by atoms with Crippen LogP contribution in [-0.4, -0.2) is 35.5 Å². The van der Waals surface area contributed by atoms with E-state index in [1.165, 1.54) is 23.0 Å². The molecule has 0 spiro atoms. The van der Waals surface area contributed by atoms with E-state index < -0.39 is 0 Å². The number of aliphatic imine (C=N–C) groups is 1. The van der Waals surface area contributed by atoms with E-state index in [0.29, 0.717) is 6.54 Å². The van der Waals surface area contributed by atoms with Gasteiger partial charge in [0.15, 0.2) is 11.1 Å². The molecule has 7 heteroatoms. The summed E-state index contributed by atoms with van der Waals surface area (Å²) in [5, 5.41) is -0.130. The molecular weight excluding hydrogens is 373 g/mol. The topological polar surface area (TPSA) is 80.5 Å². The van der Waals surface area contributed by atoms with Gasteiger partial charge < -0.3 is 11.5 Å². The summed E-state index contributed by atoms with van der Waals surface area (Å²) in [6.07, 6.45) is 4.76. The van der Waals surface area contributed by atoms with Gasteiger partial charge in [-0.1, -0.05) is 6.07 Å². The number of thiophene rings is 1. The van der Waals surface area contributed by atoms with Crippen LogP contribution in [0.15, 0.2) is 35.5 Å². The SMILES string of the molecule is Cc1ccc(C(C)(C)N2CCC(CCc3ccc(F)s3)(CN=C(N)N)C2)cn1. The van der Waals surface area contributed by atoms with E-state index in [0.717, 1.165) is 42.9 Å². The maximum absolute atomic E-state index is 13.4. The van der Waals surface area contributed by atoms with Crippen LogP contribution in [0.4, 0.5) is 4.39 Å². The van der Waals surface area contributed by atoms with Gasteiger partial charge in [0, 0.05) is 40.8 Å². The van der Waals surface area contributed by atoms with Gasteiger partial charge in [-0.05, 0) is 70.3 Å². The summed E-state index contributed by atoms with van der Waals surface area (Å²) < 4.78 is 13.4. The van der Waals surface area contributed by atoms with Crippen LogP contribution in [0, 0.1) is 17.5 Å². The Kier molecular flexibility index (Phi) is 6.05. The number of nitrogens with zero attached hydrogens (tertiary/aromatic N) is 3. The molecule has 1 atom stereocenters. The molecule has 3 heterocycles. The monoisotopic (exact) mass is 403 g/mol. The third-order valence-corrected chi connectivity index (χ3v) is 6.91. The number of rotatable bonds is 7. The van der Waals surface area contributed by atoms with Crippen LogP contribution in [0.25, 0.3) is 0 Å². The van der Waals surface area contributed by atoms with E-state index in [1.54, 1.807) is 0 Å². The molecule has 28 heavy (non-hydrogen) atoms. The molecule has 0 saturated carbocycles. The van der Waals surface area contributed by atoms with Gasteiger partial charge in [-0.15, -0.1) is 11.3 Å². The fourth-order valence-electron chi connectivity index (χ4n) is 3.97. The van der Waals surface area contributed by atoms with Crippen molar-refractivity contribution in [2.45, 2.75) is 45.6 Å². The normalized spacial score (nSPS) is 20.4. The van der Waals surface area contributed by atoms with Gasteiger partial charge in [0.05, 0.1) is 0 Å². The second-order valence-corrected chi connectivity index (χ2v) is 9.48. The number of aromatic nitrogens is 1. The zero-order valence-corrected chi connectivity index (χ0v) is 17.7. The molecule has 2 aromatic rings. The highest BCUT2D eigenvalue weighted by molar-refractivity contribution is 7.10. The van der Waals surface area contributed by atoms with E-state index >= 15 is 0 Å². The molecular formula is C21H30FN5S. The van der Waals surface area contributed by atoms with Crippen LogP contribution in [0.5, 0.6) is 0 Å². The molecule has 0 amide bonds. The predicted octanol–water partition coefficient (Wildman–Crippen LogP) is 3.42. The summed E-state index contributed by atoms with van der Waals surface area (Å²) in [5.41, 5.74) is 13.3. The predicted molar refractivity (Wildman–Crippen MR) is 114 cm³/mol. The van der Waals surface area contributed by atoms with Gasteiger partial charge in [0.25, 0.3) is 0 Å². The van der Waals surface area contributed by atoms with Crippen LogP contribution in [-0.2, 0) is 12.0 Å². The molecule has 1 unspecified atom stereocenters. The summed E-state index contributed by atoms with van der Waals surface area (Å²) in [7, 11) is 0. The lowest BCUT2D eigenvalue weighted by atomic mass is 9.81. The van der Waals surface area contributed by atoms with E-state index in [4.69, 9.17) is 11.5 Å². The standard InChI is InChI=1S/C21H30FN5S/c1-15-4-5-16(12-25-15)20(2,3)27-11-10-21(14-27,13-26-19(23)24)9-8-17-6-7-18(22)28-17/h4-7,12H,8-11,13-14H2,1-3H3,(H4,23,24,26). The molecule has 3 rings (SSSR count). The van der Waals surface area contributed by atoms with Crippen LogP contribution in [0.2, 0.25) is 0 Å². The Hall–Kier alpha value is -1.99. The lowest BCUT2D eigenvalue weighted by Crippen LogP contribution is -2.42. The first kappa shape index (κ1) is 20.7. The molecule has 152 valence electrons. The number of guanidine groups is 1. The van der Waals surface area contributed by atoms with E-state index in [1.807, 2.05) is 19.2 Å². The van der Waals surface area contributed by atoms with Gasteiger partial charge in [-0.2, -0.15) is 4.39 Å². The third-order valence-electron chi connectivity index (χ3n) is 5.97. The van der Waals surface area contributed by atoms with E-state index in [-0.39, 0.29) is 22.0 Å². The summed E-state index contributed by atoms with van der Waals surface area (Å²) in [4.78, 5) is 12.4. The zero-order valence-electron chi connectivity index (χ0n) is 16.9. The van der Waals surface area contributed by atoms with Crippen molar-refractivity contribution in [3.63, 3.8) is 0 Å². The van der Waals surface area contributed by atoms with Crippen molar-refractivity contribution in [1.82, 2.24) is 9.88 Å². The van der Waals surface area contributed by atoms with Gasteiger partial charge in [0.2, 0.25) is 0 Å². The molecule has 0 aliphatic carbocycles. The first-order chi connectivity index (χ1) is 13.2. The summed E-state index contributed by atoms with van der Waals surface area (Å²) in [6.45, 7) is 8.95. The van der Waals surface area contributed by atoms with Crippen LogP contribution in [0.1, 0.15) is 42.8 Å². The second kappa shape index (κ2) is 8.17. The molecule has 5 nitrogen and oxygen atoms in total. The average molecular weight is 404 g/mol. The molecule has 1 aliphatic heterocycles. The lowest BCUT2D eigenvalue weighted by molar-refractivity contribution is 0.130. The van der Waals surface area contributed by atoms with Crippen LogP contribution < -0.4 is 11.5 Å². The molecule has 2 aromatic heterocycles. The Balaban J connectivity index is 1.77. The lowest BCUT2D eigenvalue weighted by Gasteiger charge is -2.38. The van der Waals surface area contributed by atoms with Gasteiger partial charge in [0.1, 0.15) is 0 Å². The number of pyridine rings is 1. The number of aryl methyl sites for hydroxylation is 2. The number of likely N-dealkylation sites (tertiary alicyclic amines) is 1. The highest BCUT2D eigenvalue weighted by atomic mass is 32.1. The summed E-state index contributed by atoms with van der Waals surface area (Å²) in [6, 6.07) is 7.64. The van der Waals surface area contributed by atoms with Gasteiger partial charge in [-0.3, -0.25) is 14.9 Å². The highest BCUT2D eigenvalue weighted by Gasteiger charge is 2.43. The van der Waals surface area contributed by atoms with Crippen molar-refractivity contribution >= 4 is 17.3 Å². The van der Waals surface area contributed by atoms with Gasteiger partial charge in [-0.25, -0.2) is 0 Å². The van der Waals surface area contributed by atoms with Crippen molar-refractivity contribution < 1.29 is 4.39 Å². The van der Waals surface area contributed by atoms with E-state index in [2.05, 4.69) is 40.9 Å². The smallest absolute Gasteiger partial charge is 0.185 e. The third kappa shape index (κ3) is 4.70. The number of halogens is 1. The number of hydrogen-bond donors (Lipinski definition) is 2. The minimum absolute atomic E-state index is 0.0140. The minimum Gasteiger partial charge on any atom is -0.370 e. The van der Waals surface area contributed by atoms with Crippen LogP contribution in [0.3, 0.4) is 0 Å². The Morgan fingerprint density at radius 3 is 2.71 bits per heavy atom. The summed E-state index contributed by atoms with van der Waals surface area (Å²) in [5.74, 6) is 0.127. The maximum atomic E-state index is 13.4. The molecule has 1 fully saturated rings. The second-order valence-electron chi connectivity index (χ2n) is 8.37. The van der Waals surface area contributed by atoms with Crippen molar-refractivity contribution in [3.8, 4) is 0 Å².